The number of hydrogen-bond donors (Lipinski definition) is 3. The van der Waals surface area contributed by atoms with Crippen LogP contribution in [0.2, 0.25) is 5.02 Å². The number of anilines is 2. The first-order valence-corrected chi connectivity index (χ1v) is 13.0. The number of amides is 1. The van der Waals surface area contributed by atoms with E-state index in [0.717, 1.165) is 6.07 Å². The van der Waals surface area contributed by atoms with Crippen LogP contribution in [-0.2, 0) is 23.8 Å². The molecule has 0 fully saturated rings. The fourth-order valence-electron chi connectivity index (χ4n) is 3.73. The molecule has 0 spiro atoms. The van der Waals surface area contributed by atoms with Crippen molar-refractivity contribution >= 4 is 50.0 Å². The van der Waals surface area contributed by atoms with E-state index in [2.05, 4.69) is 29.9 Å². The Kier molecular flexibility index (Phi) is 6.80. The fraction of sp³-hybridized carbons (Fsp3) is 0.0833. The molecule has 0 aliphatic carbocycles. The smallest absolute Gasteiger partial charge is 0.299 e. The third-order valence-electron chi connectivity index (χ3n) is 5.47. The first-order valence-electron chi connectivity index (χ1n) is 11.1. The van der Waals surface area contributed by atoms with E-state index < -0.39 is 21.9 Å². The third-order valence-corrected chi connectivity index (χ3v) is 6.78. The minimum Gasteiger partial charge on any atom is -0.321 e. The quantitative estimate of drug-likeness (QED) is 0.268. The SMILES string of the molecule is Cn1nc2cc(NS(=O)(=O)NCc3cnn(-c4ccccn4)c3)ccc2c1C(=O)Nc1ccc(F)c(Cl)c1. The summed E-state index contributed by atoms with van der Waals surface area (Å²) in [4.78, 5) is 17.1. The molecule has 3 aromatic heterocycles. The molecule has 0 saturated carbocycles. The van der Waals surface area contributed by atoms with Gasteiger partial charge in [0.2, 0.25) is 0 Å². The van der Waals surface area contributed by atoms with Gasteiger partial charge in [0, 0.05) is 42.6 Å². The van der Waals surface area contributed by atoms with Crippen LogP contribution in [0.15, 0.2) is 73.2 Å². The molecule has 0 aliphatic rings. The number of aryl methyl sites for hydroxylation is 1. The van der Waals surface area contributed by atoms with Gasteiger partial charge in [-0.2, -0.15) is 23.3 Å². The van der Waals surface area contributed by atoms with Crippen molar-refractivity contribution in [2.75, 3.05) is 10.0 Å². The highest BCUT2D eigenvalue weighted by Gasteiger charge is 2.19. The number of hydrogen-bond acceptors (Lipinski definition) is 6. The summed E-state index contributed by atoms with van der Waals surface area (Å²) >= 11 is 5.79. The molecule has 14 heteroatoms. The number of carbonyl (C=O) groups is 1. The van der Waals surface area contributed by atoms with Crippen LogP contribution in [0, 0.1) is 5.82 Å². The molecule has 194 valence electrons. The number of benzene rings is 2. The Labute approximate surface area is 221 Å². The molecule has 3 heterocycles. The van der Waals surface area contributed by atoms with Gasteiger partial charge in [-0.15, -0.1) is 0 Å². The number of nitrogens with zero attached hydrogens (tertiary/aromatic N) is 5. The third kappa shape index (κ3) is 5.49. The van der Waals surface area contributed by atoms with Crippen molar-refractivity contribution in [3.63, 3.8) is 0 Å². The molecule has 0 radical (unpaired) electrons. The van der Waals surface area contributed by atoms with Crippen molar-refractivity contribution in [2.24, 2.45) is 7.05 Å². The molecule has 0 atom stereocenters. The molecule has 38 heavy (non-hydrogen) atoms. The predicted molar refractivity (Wildman–Crippen MR) is 141 cm³/mol. The van der Waals surface area contributed by atoms with Crippen LogP contribution >= 0.6 is 11.6 Å². The van der Waals surface area contributed by atoms with Gasteiger partial charge < -0.3 is 5.32 Å². The number of carbonyl (C=O) groups excluding carboxylic acids is 1. The van der Waals surface area contributed by atoms with Gasteiger partial charge in [0.25, 0.3) is 16.1 Å². The normalized spacial score (nSPS) is 11.6. The Balaban J connectivity index is 1.27. The van der Waals surface area contributed by atoms with Crippen molar-refractivity contribution in [2.45, 2.75) is 6.54 Å². The zero-order valence-corrected chi connectivity index (χ0v) is 21.3. The summed E-state index contributed by atoms with van der Waals surface area (Å²) < 4.78 is 46.5. The van der Waals surface area contributed by atoms with Crippen molar-refractivity contribution in [3.05, 3.63) is 95.3 Å². The summed E-state index contributed by atoms with van der Waals surface area (Å²) in [6.07, 6.45) is 4.86. The van der Waals surface area contributed by atoms with Gasteiger partial charge in [-0.1, -0.05) is 17.7 Å². The summed E-state index contributed by atoms with van der Waals surface area (Å²) in [6.45, 7) is 0.00567. The molecule has 0 aliphatic heterocycles. The van der Waals surface area contributed by atoms with Crippen molar-refractivity contribution in [1.29, 1.82) is 0 Å². The second-order valence-corrected chi connectivity index (χ2v) is 10.1. The van der Waals surface area contributed by atoms with Gasteiger partial charge >= 0.3 is 0 Å². The molecule has 3 N–H and O–H groups in total. The van der Waals surface area contributed by atoms with Crippen LogP contribution in [0.1, 0.15) is 16.1 Å². The van der Waals surface area contributed by atoms with E-state index in [-0.39, 0.29) is 22.9 Å². The minimum absolute atomic E-state index is 0.00567. The highest BCUT2D eigenvalue weighted by molar-refractivity contribution is 7.90. The average Bonchev–Trinajstić information content (AvgIpc) is 3.49. The van der Waals surface area contributed by atoms with Gasteiger partial charge in [-0.25, -0.2) is 14.1 Å². The minimum atomic E-state index is -3.93. The van der Waals surface area contributed by atoms with Crippen LogP contribution in [0.5, 0.6) is 0 Å². The number of fused-ring (bicyclic) bond motifs is 1. The van der Waals surface area contributed by atoms with Crippen molar-refractivity contribution in [1.82, 2.24) is 29.3 Å². The lowest BCUT2D eigenvalue weighted by molar-refractivity contribution is 0.101. The van der Waals surface area contributed by atoms with Crippen molar-refractivity contribution in [3.8, 4) is 5.82 Å². The standard InChI is InChI=1S/C24H20ClFN8O3S/c1-33-23(24(35)30-16-6-8-20(26)19(25)10-16)18-7-5-17(11-21(18)31-33)32-38(36,37)29-13-15-12-28-34(14-15)22-4-2-3-9-27-22/h2-12,14,29,32H,13H2,1H3,(H,30,35). The highest BCUT2D eigenvalue weighted by Crippen LogP contribution is 2.25. The fourth-order valence-corrected chi connectivity index (χ4v) is 4.78. The summed E-state index contributed by atoms with van der Waals surface area (Å²) in [7, 11) is -2.35. The molecule has 0 saturated heterocycles. The lowest BCUT2D eigenvalue weighted by Gasteiger charge is -2.09. The van der Waals surface area contributed by atoms with Crippen LogP contribution in [0.25, 0.3) is 16.7 Å². The van der Waals surface area contributed by atoms with Crippen LogP contribution in [0.4, 0.5) is 15.8 Å². The molecule has 11 nitrogen and oxygen atoms in total. The monoisotopic (exact) mass is 554 g/mol. The molecule has 2 aromatic carbocycles. The van der Waals surface area contributed by atoms with Gasteiger partial charge in [-0.05, 0) is 48.5 Å². The number of nitrogens with one attached hydrogen (secondary N) is 3. The lowest BCUT2D eigenvalue weighted by atomic mass is 10.2. The van der Waals surface area contributed by atoms with Gasteiger partial charge in [0.1, 0.15) is 11.5 Å². The first-order chi connectivity index (χ1) is 18.2. The topological polar surface area (TPSA) is 136 Å². The second-order valence-electron chi connectivity index (χ2n) is 8.19. The van der Waals surface area contributed by atoms with E-state index >= 15 is 0 Å². The largest absolute Gasteiger partial charge is 0.321 e. The molecular formula is C24H20ClFN8O3S. The summed E-state index contributed by atoms with van der Waals surface area (Å²) in [5.41, 5.74) is 1.84. The number of aromatic nitrogens is 5. The number of pyridine rings is 1. The van der Waals surface area contributed by atoms with E-state index in [4.69, 9.17) is 11.6 Å². The Bertz CT molecular complexity index is 1760. The average molecular weight is 555 g/mol. The number of halogens is 2. The van der Waals surface area contributed by atoms with E-state index in [1.807, 2.05) is 6.07 Å². The van der Waals surface area contributed by atoms with E-state index in [0.29, 0.717) is 28.0 Å². The van der Waals surface area contributed by atoms with E-state index in [1.165, 1.54) is 28.9 Å². The Morgan fingerprint density at radius 3 is 2.68 bits per heavy atom. The molecule has 5 rings (SSSR count). The Morgan fingerprint density at radius 2 is 1.92 bits per heavy atom. The van der Waals surface area contributed by atoms with Gasteiger partial charge in [-0.3, -0.25) is 14.2 Å². The predicted octanol–water partition coefficient (Wildman–Crippen LogP) is 3.65. The van der Waals surface area contributed by atoms with E-state index in [9.17, 15) is 17.6 Å². The summed E-state index contributed by atoms with van der Waals surface area (Å²) in [5, 5.41) is 11.6. The molecule has 1 amide bonds. The van der Waals surface area contributed by atoms with Crippen LogP contribution in [-0.4, -0.2) is 38.9 Å². The molecule has 0 unspecified atom stereocenters. The van der Waals surface area contributed by atoms with Crippen LogP contribution in [0.3, 0.4) is 0 Å². The second kappa shape index (κ2) is 10.2. The molecule has 0 bridgehead atoms. The summed E-state index contributed by atoms with van der Waals surface area (Å²) in [5.74, 6) is -0.475. The van der Waals surface area contributed by atoms with Crippen molar-refractivity contribution < 1.29 is 17.6 Å². The lowest BCUT2D eigenvalue weighted by Crippen LogP contribution is -2.29. The van der Waals surface area contributed by atoms with E-state index in [1.54, 1.807) is 48.5 Å². The Hall–Kier alpha value is -4.33. The maximum Gasteiger partial charge on any atom is 0.299 e. The first kappa shape index (κ1) is 25.3. The zero-order chi connectivity index (χ0) is 26.9. The highest BCUT2D eigenvalue weighted by atomic mass is 35.5. The van der Waals surface area contributed by atoms with Gasteiger partial charge in [0.15, 0.2) is 5.82 Å². The zero-order valence-electron chi connectivity index (χ0n) is 19.8. The maximum absolute atomic E-state index is 13.4. The maximum atomic E-state index is 13.4. The molecular weight excluding hydrogens is 535 g/mol. The van der Waals surface area contributed by atoms with Crippen LogP contribution < -0.4 is 14.8 Å². The Morgan fingerprint density at radius 1 is 1.11 bits per heavy atom. The molecule has 5 aromatic rings. The van der Waals surface area contributed by atoms with Gasteiger partial charge in [0.05, 0.1) is 22.4 Å². The number of rotatable bonds is 8. The summed E-state index contributed by atoms with van der Waals surface area (Å²) in [6, 6.07) is 13.9.